The van der Waals surface area contributed by atoms with E-state index in [4.69, 9.17) is 0 Å². The van der Waals surface area contributed by atoms with Crippen molar-refractivity contribution in [3.63, 3.8) is 0 Å². The Morgan fingerprint density at radius 1 is 1.00 bits per heavy atom. The fourth-order valence-corrected chi connectivity index (χ4v) is 5.85. The first-order chi connectivity index (χ1) is 14.0. The number of hydrogen-bond acceptors (Lipinski definition) is 3. The normalized spacial score (nSPS) is 19.7. The molecule has 29 heavy (non-hydrogen) atoms. The van der Waals surface area contributed by atoms with E-state index < -0.39 is 10.0 Å². The van der Waals surface area contributed by atoms with Crippen molar-refractivity contribution in [1.29, 1.82) is 0 Å². The van der Waals surface area contributed by atoms with Crippen LogP contribution in [0.25, 0.3) is 0 Å². The van der Waals surface area contributed by atoms with Gasteiger partial charge in [-0.15, -0.1) is 0 Å². The maximum atomic E-state index is 12.6. The highest BCUT2D eigenvalue weighted by molar-refractivity contribution is 7.89. The van der Waals surface area contributed by atoms with Gasteiger partial charge in [0.25, 0.3) is 0 Å². The minimum Gasteiger partial charge on any atom is -0.349 e. The number of aryl methyl sites for hydroxylation is 2. The van der Waals surface area contributed by atoms with Crippen LogP contribution in [-0.4, -0.2) is 31.7 Å². The molecule has 6 heteroatoms. The van der Waals surface area contributed by atoms with Gasteiger partial charge >= 0.3 is 0 Å². The largest absolute Gasteiger partial charge is 0.349 e. The molecule has 2 aliphatic rings. The molecule has 5 nitrogen and oxygen atoms in total. The molecule has 0 radical (unpaired) electrons. The number of amides is 1. The minimum atomic E-state index is -3.38. The second-order valence-electron chi connectivity index (χ2n) is 7.97. The van der Waals surface area contributed by atoms with E-state index in [1.165, 1.54) is 11.1 Å². The molecule has 1 atom stereocenters. The zero-order valence-electron chi connectivity index (χ0n) is 16.6. The van der Waals surface area contributed by atoms with E-state index in [0.717, 1.165) is 37.7 Å². The molecule has 1 N–H and O–H groups in total. The second-order valence-corrected chi connectivity index (χ2v) is 9.90. The molecule has 1 amide bonds. The first-order valence-corrected chi connectivity index (χ1v) is 11.9. The number of hydrogen-bond donors (Lipinski definition) is 1. The van der Waals surface area contributed by atoms with Gasteiger partial charge in [-0.3, -0.25) is 4.79 Å². The third-order valence-corrected chi connectivity index (χ3v) is 7.88. The lowest BCUT2D eigenvalue weighted by atomic mass is 9.87. The molecule has 1 heterocycles. The monoisotopic (exact) mass is 412 g/mol. The number of sulfonamides is 1. The summed E-state index contributed by atoms with van der Waals surface area (Å²) in [6.07, 6.45) is 6.01. The van der Waals surface area contributed by atoms with Crippen LogP contribution in [0.3, 0.4) is 0 Å². The first-order valence-electron chi connectivity index (χ1n) is 10.5. The maximum absolute atomic E-state index is 12.6. The Hall–Kier alpha value is -2.18. The number of fused-ring (bicyclic) bond motifs is 1. The van der Waals surface area contributed by atoms with Gasteiger partial charge < -0.3 is 5.32 Å². The molecule has 1 fully saturated rings. The molecular weight excluding hydrogens is 384 g/mol. The van der Waals surface area contributed by atoms with Crippen LogP contribution in [0.5, 0.6) is 0 Å². The van der Waals surface area contributed by atoms with Crippen molar-refractivity contribution in [3.8, 4) is 0 Å². The second kappa shape index (κ2) is 8.67. The van der Waals surface area contributed by atoms with Crippen molar-refractivity contribution in [1.82, 2.24) is 9.62 Å². The van der Waals surface area contributed by atoms with Gasteiger partial charge in [0, 0.05) is 19.5 Å². The summed E-state index contributed by atoms with van der Waals surface area (Å²) in [6.45, 7) is 1.21. The third-order valence-electron chi connectivity index (χ3n) is 5.97. The fourth-order valence-electron chi connectivity index (χ4n) is 4.33. The average Bonchev–Trinajstić information content (AvgIpc) is 3.29. The smallest absolute Gasteiger partial charge is 0.243 e. The Morgan fingerprint density at radius 2 is 1.72 bits per heavy atom. The Kier molecular flexibility index (Phi) is 6.01. The van der Waals surface area contributed by atoms with E-state index in [1.54, 1.807) is 16.4 Å². The van der Waals surface area contributed by atoms with Crippen LogP contribution in [0.1, 0.15) is 54.8 Å². The van der Waals surface area contributed by atoms with Crippen LogP contribution >= 0.6 is 0 Å². The molecule has 2 aromatic rings. The molecule has 0 saturated carbocycles. The SMILES string of the molecule is O=C(CCc1ccc(S(=O)(=O)N2CCCC2)cc1)N[C@H]1CCCc2ccccc21. The number of carbonyl (C=O) groups is 1. The molecular formula is C23H28N2O3S. The summed E-state index contributed by atoms with van der Waals surface area (Å²) in [7, 11) is -3.38. The fraction of sp³-hybridized carbons (Fsp3) is 0.435. The summed E-state index contributed by atoms with van der Waals surface area (Å²) in [5, 5.41) is 3.18. The summed E-state index contributed by atoms with van der Waals surface area (Å²) in [5.74, 6) is 0.0421. The van der Waals surface area contributed by atoms with E-state index in [0.29, 0.717) is 30.8 Å². The summed E-state index contributed by atoms with van der Waals surface area (Å²) in [5.41, 5.74) is 3.55. The van der Waals surface area contributed by atoms with Crippen molar-refractivity contribution < 1.29 is 13.2 Å². The van der Waals surface area contributed by atoms with Crippen LogP contribution < -0.4 is 5.32 Å². The Labute approximate surface area is 173 Å². The van der Waals surface area contributed by atoms with E-state index in [9.17, 15) is 13.2 Å². The van der Waals surface area contributed by atoms with Crippen molar-refractivity contribution >= 4 is 15.9 Å². The number of carbonyl (C=O) groups excluding carboxylic acids is 1. The van der Waals surface area contributed by atoms with Crippen LogP contribution in [-0.2, 0) is 27.7 Å². The van der Waals surface area contributed by atoms with Crippen molar-refractivity contribution in [2.24, 2.45) is 0 Å². The highest BCUT2D eigenvalue weighted by atomic mass is 32.2. The van der Waals surface area contributed by atoms with Crippen LogP contribution in [0, 0.1) is 0 Å². The predicted octanol–water partition coefficient (Wildman–Crippen LogP) is 3.60. The standard InChI is InChI=1S/C23H28N2O3S/c26-23(24-22-9-5-7-19-6-1-2-8-21(19)22)15-12-18-10-13-20(14-11-18)29(27,28)25-16-3-4-17-25/h1-2,6,8,10-11,13-14,22H,3-5,7,9,12,15-17H2,(H,24,26)/t22-/m0/s1. The molecule has 2 aromatic carbocycles. The maximum Gasteiger partial charge on any atom is 0.243 e. The van der Waals surface area contributed by atoms with Gasteiger partial charge in [0.05, 0.1) is 10.9 Å². The minimum absolute atomic E-state index is 0.0421. The van der Waals surface area contributed by atoms with Crippen molar-refractivity contribution in [2.45, 2.75) is 55.9 Å². The highest BCUT2D eigenvalue weighted by Gasteiger charge is 2.27. The van der Waals surface area contributed by atoms with Crippen LogP contribution in [0.2, 0.25) is 0 Å². The lowest BCUT2D eigenvalue weighted by molar-refractivity contribution is -0.121. The average molecular weight is 413 g/mol. The quantitative estimate of drug-likeness (QED) is 0.788. The van der Waals surface area contributed by atoms with E-state index in [-0.39, 0.29) is 11.9 Å². The molecule has 4 rings (SSSR count). The summed E-state index contributed by atoms with van der Waals surface area (Å²) in [6, 6.07) is 15.4. The Balaban J connectivity index is 1.33. The molecule has 0 unspecified atom stereocenters. The van der Waals surface area contributed by atoms with E-state index in [1.807, 2.05) is 18.2 Å². The summed E-state index contributed by atoms with van der Waals surface area (Å²) in [4.78, 5) is 12.8. The van der Waals surface area contributed by atoms with E-state index in [2.05, 4.69) is 23.5 Å². The molecule has 1 aliphatic heterocycles. The molecule has 1 aliphatic carbocycles. The van der Waals surface area contributed by atoms with Gasteiger partial charge in [0.1, 0.15) is 0 Å². The zero-order valence-corrected chi connectivity index (χ0v) is 17.5. The van der Waals surface area contributed by atoms with Crippen molar-refractivity contribution in [2.75, 3.05) is 13.1 Å². The molecule has 0 aromatic heterocycles. The Morgan fingerprint density at radius 3 is 2.48 bits per heavy atom. The van der Waals surface area contributed by atoms with Gasteiger partial charge in [-0.25, -0.2) is 8.42 Å². The summed E-state index contributed by atoms with van der Waals surface area (Å²) < 4.78 is 26.7. The highest BCUT2D eigenvalue weighted by Crippen LogP contribution is 2.29. The number of nitrogens with zero attached hydrogens (tertiary/aromatic N) is 1. The van der Waals surface area contributed by atoms with Gasteiger partial charge in [0.15, 0.2) is 0 Å². The molecule has 154 valence electrons. The lowest BCUT2D eigenvalue weighted by Gasteiger charge is -2.26. The first kappa shape index (κ1) is 20.1. The molecule has 0 spiro atoms. The van der Waals surface area contributed by atoms with Crippen molar-refractivity contribution in [3.05, 3.63) is 65.2 Å². The van der Waals surface area contributed by atoms with Gasteiger partial charge in [-0.1, -0.05) is 36.4 Å². The molecule has 1 saturated heterocycles. The van der Waals surface area contributed by atoms with Crippen LogP contribution in [0.4, 0.5) is 0 Å². The zero-order chi connectivity index (χ0) is 20.3. The van der Waals surface area contributed by atoms with Gasteiger partial charge in [-0.2, -0.15) is 4.31 Å². The lowest BCUT2D eigenvalue weighted by Crippen LogP contribution is -2.31. The predicted molar refractivity (Wildman–Crippen MR) is 113 cm³/mol. The van der Waals surface area contributed by atoms with Crippen LogP contribution in [0.15, 0.2) is 53.4 Å². The topological polar surface area (TPSA) is 66.5 Å². The number of rotatable bonds is 6. The van der Waals surface area contributed by atoms with E-state index >= 15 is 0 Å². The number of nitrogens with one attached hydrogen (secondary N) is 1. The summed E-state index contributed by atoms with van der Waals surface area (Å²) >= 11 is 0. The Bertz CT molecular complexity index is 964. The molecule has 0 bridgehead atoms. The van der Waals surface area contributed by atoms with Gasteiger partial charge in [-0.05, 0) is 67.3 Å². The third kappa shape index (κ3) is 4.54. The van der Waals surface area contributed by atoms with Gasteiger partial charge in [0.2, 0.25) is 15.9 Å². The number of benzene rings is 2.